The number of amides is 1. The first kappa shape index (κ1) is 17.4. The highest BCUT2D eigenvalue weighted by molar-refractivity contribution is 5.76. The monoisotopic (exact) mass is 329 g/mol. The van der Waals surface area contributed by atoms with Crippen molar-refractivity contribution in [3.63, 3.8) is 0 Å². The molecule has 1 heterocycles. The molecule has 1 atom stereocenters. The third kappa shape index (κ3) is 4.52. The van der Waals surface area contributed by atoms with Crippen molar-refractivity contribution in [3.05, 3.63) is 64.5 Å². The van der Waals surface area contributed by atoms with Crippen LogP contribution in [0.15, 0.2) is 48.8 Å². The summed E-state index contributed by atoms with van der Waals surface area (Å²) in [6.45, 7) is 2.16. The van der Waals surface area contributed by atoms with Crippen molar-refractivity contribution in [1.82, 2.24) is 9.88 Å². The van der Waals surface area contributed by atoms with E-state index in [1.807, 2.05) is 19.1 Å². The number of hydrogen-bond donors (Lipinski definition) is 0. The number of non-ortho nitro benzene ring substituents is 1. The van der Waals surface area contributed by atoms with Crippen LogP contribution in [-0.2, 0) is 4.79 Å². The van der Waals surface area contributed by atoms with Gasteiger partial charge < -0.3 is 9.64 Å². The minimum Gasteiger partial charge on any atom is -0.493 e. The van der Waals surface area contributed by atoms with Crippen LogP contribution in [0.25, 0.3) is 0 Å². The Labute approximate surface area is 140 Å². The molecule has 1 aromatic carbocycles. The molecule has 1 aromatic heterocycles. The summed E-state index contributed by atoms with van der Waals surface area (Å²) in [6, 6.07) is 9.48. The van der Waals surface area contributed by atoms with E-state index in [0.29, 0.717) is 5.75 Å². The van der Waals surface area contributed by atoms with Crippen molar-refractivity contribution in [3.8, 4) is 5.75 Å². The first-order chi connectivity index (χ1) is 11.5. The van der Waals surface area contributed by atoms with E-state index in [9.17, 15) is 14.9 Å². The molecule has 2 aromatic rings. The average molecular weight is 329 g/mol. The van der Waals surface area contributed by atoms with Gasteiger partial charge in [0.15, 0.2) is 0 Å². The normalized spacial score (nSPS) is 11.6. The number of hydrogen-bond acceptors (Lipinski definition) is 5. The van der Waals surface area contributed by atoms with Gasteiger partial charge in [-0.1, -0.05) is 0 Å². The summed E-state index contributed by atoms with van der Waals surface area (Å²) in [5.74, 6) is 0.458. The molecule has 0 N–H and O–H groups in total. The van der Waals surface area contributed by atoms with Crippen LogP contribution in [0.2, 0.25) is 0 Å². The second kappa shape index (κ2) is 8.05. The zero-order chi connectivity index (χ0) is 17.5. The minimum absolute atomic E-state index is 0.00401. The van der Waals surface area contributed by atoms with Gasteiger partial charge in [-0.15, -0.1) is 0 Å². The molecule has 0 saturated heterocycles. The molecule has 0 aliphatic rings. The van der Waals surface area contributed by atoms with Gasteiger partial charge in [0.1, 0.15) is 5.75 Å². The Hall–Kier alpha value is -2.96. The number of nitrogens with zero attached hydrogens (tertiary/aromatic N) is 3. The number of nitro groups is 1. The summed E-state index contributed by atoms with van der Waals surface area (Å²) < 4.78 is 5.47. The van der Waals surface area contributed by atoms with Crippen LogP contribution >= 0.6 is 0 Å². The topological polar surface area (TPSA) is 85.6 Å². The Kier molecular flexibility index (Phi) is 5.83. The standard InChI is InChI=1S/C17H19N3O4/c1-13(14-7-10-18-11-8-14)19(2)17(21)9-12-24-16-5-3-15(4-6-16)20(22)23/h3-8,10-11,13H,9,12H2,1-2H3. The molecule has 24 heavy (non-hydrogen) atoms. The molecule has 7 heteroatoms. The summed E-state index contributed by atoms with van der Waals surface area (Å²) in [6.07, 6.45) is 3.62. The third-order valence-electron chi connectivity index (χ3n) is 3.80. The Balaban J connectivity index is 1.83. The second-order valence-corrected chi connectivity index (χ2v) is 5.31. The van der Waals surface area contributed by atoms with E-state index < -0.39 is 4.92 Å². The van der Waals surface area contributed by atoms with Gasteiger partial charge in [0.05, 0.1) is 24.0 Å². The molecule has 0 saturated carbocycles. The zero-order valence-electron chi connectivity index (χ0n) is 13.6. The molecule has 0 spiro atoms. The van der Waals surface area contributed by atoms with Gasteiger partial charge in [-0.2, -0.15) is 0 Å². The molecule has 7 nitrogen and oxygen atoms in total. The van der Waals surface area contributed by atoms with E-state index in [0.717, 1.165) is 5.56 Å². The van der Waals surface area contributed by atoms with Crippen molar-refractivity contribution < 1.29 is 14.5 Å². The van der Waals surface area contributed by atoms with Crippen LogP contribution in [0, 0.1) is 10.1 Å². The molecule has 0 bridgehead atoms. The lowest BCUT2D eigenvalue weighted by atomic mass is 10.1. The molecule has 0 aliphatic carbocycles. The molecule has 126 valence electrons. The van der Waals surface area contributed by atoms with Gasteiger partial charge in [0.2, 0.25) is 5.91 Å². The highest BCUT2D eigenvalue weighted by Gasteiger charge is 2.17. The van der Waals surface area contributed by atoms with Crippen LogP contribution in [0.4, 0.5) is 5.69 Å². The summed E-state index contributed by atoms with van der Waals surface area (Å²) in [5, 5.41) is 10.6. The molecule has 2 rings (SSSR count). The lowest BCUT2D eigenvalue weighted by Gasteiger charge is -2.25. The minimum atomic E-state index is -0.469. The van der Waals surface area contributed by atoms with E-state index >= 15 is 0 Å². The number of carbonyl (C=O) groups is 1. The van der Waals surface area contributed by atoms with E-state index in [1.54, 1.807) is 24.3 Å². The molecule has 1 unspecified atom stereocenters. The molecular weight excluding hydrogens is 310 g/mol. The Morgan fingerprint density at radius 3 is 2.46 bits per heavy atom. The SMILES string of the molecule is CC(c1ccncc1)N(C)C(=O)CCOc1ccc([N+](=O)[O-])cc1. The molecule has 0 radical (unpaired) electrons. The van der Waals surface area contributed by atoms with Crippen molar-refractivity contribution in [1.29, 1.82) is 0 Å². The summed E-state index contributed by atoms with van der Waals surface area (Å²) in [5.41, 5.74) is 1.02. The lowest BCUT2D eigenvalue weighted by molar-refractivity contribution is -0.384. The molecular formula is C17H19N3O4. The molecule has 0 fully saturated rings. The molecule has 1 amide bonds. The van der Waals surface area contributed by atoms with Gasteiger partial charge in [0.25, 0.3) is 5.69 Å². The van der Waals surface area contributed by atoms with Gasteiger partial charge in [-0.3, -0.25) is 19.9 Å². The van der Waals surface area contributed by atoms with Crippen molar-refractivity contribution in [2.45, 2.75) is 19.4 Å². The number of pyridine rings is 1. The van der Waals surface area contributed by atoms with E-state index in [4.69, 9.17) is 4.74 Å². The lowest BCUT2D eigenvalue weighted by Crippen LogP contribution is -2.30. The maximum absolute atomic E-state index is 12.2. The van der Waals surface area contributed by atoms with Gasteiger partial charge in [-0.25, -0.2) is 0 Å². The summed E-state index contributed by atoms with van der Waals surface area (Å²) in [7, 11) is 1.75. The Morgan fingerprint density at radius 2 is 1.88 bits per heavy atom. The fraction of sp³-hybridized carbons (Fsp3) is 0.294. The number of aromatic nitrogens is 1. The first-order valence-corrected chi connectivity index (χ1v) is 7.52. The summed E-state index contributed by atoms with van der Waals surface area (Å²) in [4.78, 5) is 28.0. The van der Waals surface area contributed by atoms with E-state index in [-0.39, 0.29) is 30.7 Å². The zero-order valence-corrected chi connectivity index (χ0v) is 13.6. The predicted molar refractivity (Wildman–Crippen MR) is 88.6 cm³/mol. The first-order valence-electron chi connectivity index (χ1n) is 7.52. The Morgan fingerprint density at radius 1 is 1.25 bits per heavy atom. The van der Waals surface area contributed by atoms with E-state index in [1.165, 1.54) is 24.3 Å². The third-order valence-corrected chi connectivity index (χ3v) is 3.80. The van der Waals surface area contributed by atoms with Crippen LogP contribution in [0.5, 0.6) is 5.75 Å². The molecule has 0 aliphatic heterocycles. The number of ether oxygens (including phenoxy) is 1. The highest BCUT2D eigenvalue weighted by Crippen LogP contribution is 2.19. The van der Waals surface area contributed by atoms with Crippen LogP contribution in [0.3, 0.4) is 0 Å². The average Bonchev–Trinajstić information content (AvgIpc) is 2.61. The van der Waals surface area contributed by atoms with Crippen LogP contribution in [0.1, 0.15) is 24.9 Å². The Bertz CT molecular complexity index is 689. The maximum Gasteiger partial charge on any atom is 0.269 e. The summed E-state index contributed by atoms with van der Waals surface area (Å²) >= 11 is 0. The number of nitro benzene ring substituents is 1. The fourth-order valence-electron chi connectivity index (χ4n) is 2.18. The van der Waals surface area contributed by atoms with Crippen molar-refractivity contribution >= 4 is 11.6 Å². The van der Waals surface area contributed by atoms with Gasteiger partial charge >= 0.3 is 0 Å². The predicted octanol–water partition coefficient (Wildman–Crippen LogP) is 2.98. The van der Waals surface area contributed by atoms with Crippen molar-refractivity contribution in [2.24, 2.45) is 0 Å². The largest absolute Gasteiger partial charge is 0.493 e. The highest BCUT2D eigenvalue weighted by atomic mass is 16.6. The number of rotatable bonds is 7. The van der Waals surface area contributed by atoms with Gasteiger partial charge in [0, 0.05) is 31.6 Å². The number of benzene rings is 1. The van der Waals surface area contributed by atoms with Crippen LogP contribution in [-0.4, -0.2) is 34.4 Å². The second-order valence-electron chi connectivity index (χ2n) is 5.31. The smallest absolute Gasteiger partial charge is 0.269 e. The van der Waals surface area contributed by atoms with Crippen molar-refractivity contribution in [2.75, 3.05) is 13.7 Å². The van der Waals surface area contributed by atoms with E-state index in [2.05, 4.69) is 4.98 Å². The number of carbonyl (C=O) groups excluding carboxylic acids is 1. The fourth-order valence-corrected chi connectivity index (χ4v) is 2.18. The maximum atomic E-state index is 12.2. The van der Waals surface area contributed by atoms with Gasteiger partial charge in [-0.05, 0) is 36.8 Å². The quantitative estimate of drug-likeness (QED) is 0.576. The van der Waals surface area contributed by atoms with Crippen LogP contribution < -0.4 is 4.74 Å².